The smallest absolute Gasteiger partial charge is 0.254 e. The van der Waals surface area contributed by atoms with Gasteiger partial charge in [-0.15, -0.1) is 10.2 Å². The summed E-state index contributed by atoms with van der Waals surface area (Å²) in [6.07, 6.45) is 0. The number of carbonyl (C=O) groups excluding carboxylic acids is 1. The number of hydrogen-bond acceptors (Lipinski definition) is 7. The van der Waals surface area contributed by atoms with Crippen LogP contribution in [0.15, 0.2) is 30.3 Å². The van der Waals surface area contributed by atoms with Crippen LogP contribution in [0.25, 0.3) is 0 Å². The lowest BCUT2D eigenvalue weighted by Crippen LogP contribution is -2.49. The summed E-state index contributed by atoms with van der Waals surface area (Å²) in [7, 11) is 1.56. The second-order valence-corrected chi connectivity index (χ2v) is 5.78. The zero-order valence-corrected chi connectivity index (χ0v) is 13.8. The molecule has 1 aromatic carbocycles. The van der Waals surface area contributed by atoms with Gasteiger partial charge in [0.2, 0.25) is 12.7 Å². The Morgan fingerprint density at radius 1 is 1.04 bits per heavy atom. The highest BCUT2D eigenvalue weighted by atomic mass is 16.7. The van der Waals surface area contributed by atoms with Crippen LogP contribution in [-0.4, -0.2) is 61.1 Å². The summed E-state index contributed by atoms with van der Waals surface area (Å²) in [5.41, 5.74) is 0.613. The van der Waals surface area contributed by atoms with Crippen molar-refractivity contribution in [2.75, 3.05) is 45.0 Å². The third kappa shape index (κ3) is 3.02. The maximum absolute atomic E-state index is 12.7. The molecular formula is C17H18N4O4. The van der Waals surface area contributed by atoms with Crippen LogP contribution in [0.2, 0.25) is 0 Å². The van der Waals surface area contributed by atoms with Crippen LogP contribution in [0.5, 0.6) is 17.4 Å². The average molecular weight is 342 g/mol. The third-order valence-corrected chi connectivity index (χ3v) is 4.35. The molecule has 4 rings (SSSR count). The highest BCUT2D eigenvalue weighted by molar-refractivity contribution is 5.95. The van der Waals surface area contributed by atoms with Crippen molar-refractivity contribution in [3.63, 3.8) is 0 Å². The summed E-state index contributed by atoms with van der Waals surface area (Å²) in [5.74, 6) is 2.58. The molecule has 1 aromatic heterocycles. The van der Waals surface area contributed by atoms with E-state index in [2.05, 4.69) is 15.1 Å². The number of hydrogen-bond donors (Lipinski definition) is 0. The van der Waals surface area contributed by atoms with Gasteiger partial charge in [0, 0.05) is 37.8 Å². The monoisotopic (exact) mass is 342 g/mol. The molecule has 2 aliphatic heterocycles. The summed E-state index contributed by atoms with van der Waals surface area (Å²) >= 11 is 0. The van der Waals surface area contributed by atoms with Crippen LogP contribution in [0, 0.1) is 0 Å². The molecule has 8 heteroatoms. The van der Waals surface area contributed by atoms with E-state index in [0.717, 1.165) is 5.82 Å². The first-order valence-electron chi connectivity index (χ1n) is 8.06. The van der Waals surface area contributed by atoms with Gasteiger partial charge >= 0.3 is 0 Å². The van der Waals surface area contributed by atoms with Gasteiger partial charge in [-0.2, -0.15) is 0 Å². The van der Waals surface area contributed by atoms with Crippen molar-refractivity contribution in [2.45, 2.75) is 0 Å². The molecule has 25 heavy (non-hydrogen) atoms. The molecule has 0 radical (unpaired) electrons. The summed E-state index contributed by atoms with van der Waals surface area (Å²) in [6, 6.07) is 8.95. The molecule has 0 N–H and O–H groups in total. The maximum Gasteiger partial charge on any atom is 0.254 e. The SMILES string of the molecule is COc1ccc(N2CCN(C(=O)c3ccc4c(c3)OCO4)CC2)nn1. The van der Waals surface area contributed by atoms with Crippen LogP contribution in [0.1, 0.15) is 10.4 Å². The maximum atomic E-state index is 12.7. The molecule has 1 saturated heterocycles. The second-order valence-electron chi connectivity index (χ2n) is 5.78. The fraction of sp³-hybridized carbons (Fsp3) is 0.353. The van der Waals surface area contributed by atoms with Crippen molar-refractivity contribution in [1.82, 2.24) is 15.1 Å². The zero-order chi connectivity index (χ0) is 17.2. The lowest BCUT2D eigenvalue weighted by atomic mass is 10.1. The number of benzene rings is 1. The number of piperazine rings is 1. The molecule has 8 nitrogen and oxygen atoms in total. The highest BCUT2D eigenvalue weighted by Crippen LogP contribution is 2.32. The molecule has 0 unspecified atom stereocenters. The Labute approximate surface area is 144 Å². The van der Waals surface area contributed by atoms with Crippen LogP contribution >= 0.6 is 0 Å². The Morgan fingerprint density at radius 3 is 2.56 bits per heavy atom. The van der Waals surface area contributed by atoms with E-state index in [0.29, 0.717) is 49.1 Å². The minimum atomic E-state index is -0.00114. The van der Waals surface area contributed by atoms with Gasteiger partial charge in [-0.25, -0.2) is 0 Å². The molecule has 0 saturated carbocycles. The molecule has 2 aromatic rings. The van der Waals surface area contributed by atoms with Gasteiger partial charge in [-0.05, 0) is 24.3 Å². The molecule has 2 aliphatic rings. The molecule has 3 heterocycles. The Balaban J connectivity index is 1.40. The quantitative estimate of drug-likeness (QED) is 0.829. The Bertz CT molecular complexity index is 773. The molecule has 0 aliphatic carbocycles. The van der Waals surface area contributed by atoms with Crippen LogP contribution < -0.4 is 19.1 Å². The number of methoxy groups -OCH3 is 1. The van der Waals surface area contributed by atoms with Gasteiger partial charge in [-0.1, -0.05) is 0 Å². The standard InChI is InChI=1S/C17H18N4O4/c1-23-16-5-4-15(18-19-16)20-6-8-21(9-7-20)17(22)12-2-3-13-14(10-12)25-11-24-13/h2-5,10H,6-9,11H2,1H3. The van der Waals surface area contributed by atoms with Gasteiger partial charge in [0.05, 0.1) is 7.11 Å². The van der Waals surface area contributed by atoms with Crippen LogP contribution in [-0.2, 0) is 0 Å². The van der Waals surface area contributed by atoms with E-state index in [4.69, 9.17) is 14.2 Å². The van der Waals surface area contributed by atoms with Crippen molar-refractivity contribution < 1.29 is 19.0 Å². The van der Waals surface area contributed by atoms with Gasteiger partial charge in [0.15, 0.2) is 17.3 Å². The number of aromatic nitrogens is 2. The third-order valence-electron chi connectivity index (χ3n) is 4.35. The number of rotatable bonds is 3. The van der Waals surface area contributed by atoms with Gasteiger partial charge in [0.25, 0.3) is 5.91 Å². The van der Waals surface area contributed by atoms with E-state index in [1.807, 2.05) is 11.0 Å². The summed E-state index contributed by atoms with van der Waals surface area (Å²) < 4.78 is 15.6. The highest BCUT2D eigenvalue weighted by Gasteiger charge is 2.24. The van der Waals surface area contributed by atoms with Crippen LogP contribution in [0.3, 0.4) is 0 Å². The first kappa shape index (κ1) is 15.5. The van der Waals surface area contributed by atoms with Gasteiger partial charge in [0.1, 0.15) is 0 Å². The first-order chi connectivity index (χ1) is 12.2. The van der Waals surface area contributed by atoms with Gasteiger partial charge in [-0.3, -0.25) is 4.79 Å². The summed E-state index contributed by atoms with van der Waals surface area (Å²) in [4.78, 5) is 16.6. The predicted octanol–water partition coefficient (Wildman–Crippen LogP) is 1.18. The number of carbonyl (C=O) groups is 1. The summed E-state index contributed by atoms with van der Waals surface area (Å²) in [5, 5.41) is 8.14. The summed E-state index contributed by atoms with van der Waals surface area (Å²) in [6.45, 7) is 2.87. The first-order valence-corrected chi connectivity index (χ1v) is 8.06. The lowest BCUT2D eigenvalue weighted by molar-refractivity contribution is 0.0746. The van der Waals surface area contributed by atoms with Crippen molar-refractivity contribution in [3.05, 3.63) is 35.9 Å². The van der Waals surface area contributed by atoms with E-state index < -0.39 is 0 Å². The number of fused-ring (bicyclic) bond motifs is 1. The fourth-order valence-electron chi connectivity index (χ4n) is 2.94. The molecule has 1 amide bonds. The van der Waals surface area contributed by atoms with Crippen molar-refractivity contribution in [3.8, 4) is 17.4 Å². The van der Waals surface area contributed by atoms with E-state index >= 15 is 0 Å². The minimum Gasteiger partial charge on any atom is -0.480 e. The normalized spacial score (nSPS) is 16.0. The average Bonchev–Trinajstić information content (AvgIpc) is 3.15. The van der Waals surface area contributed by atoms with Crippen LogP contribution in [0.4, 0.5) is 5.82 Å². The molecule has 0 atom stereocenters. The number of amides is 1. The van der Waals surface area contributed by atoms with Crippen molar-refractivity contribution in [2.24, 2.45) is 0 Å². The Morgan fingerprint density at radius 2 is 1.84 bits per heavy atom. The van der Waals surface area contributed by atoms with E-state index in [-0.39, 0.29) is 12.7 Å². The van der Waals surface area contributed by atoms with E-state index in [1.54, 1.807) is 31.4 Å². The second kappa shape index (κ2) is 6.46. The minimum absolute atomic E-state index is 0.00114. The van der Waals surface area contributed by atoms with Crippen molar-refractivity contribution >= 4 is 11.7 Å². The lowest BCUT2D eigenvalue weighted by Gasteiger charge is -2.35. The van der Waals surface area contributed by atoms with Crippen molar-refractivity contribution in [1.29, 1.82) is 0 Å². The number of nitrogens with zero attached hydrogens (tertiary/aromatic N) is 4. The Hall–Kier alpha value is -3.03. The molecular weight excluding hydrogens is 324 g/mol. The molecule has 0 spiro atoms. The molecule has 130 valence electrons. The topological polar surface area (TPSA) is 77.0 Å². The largest absolute Gasteiger partial charge is 0.480 e. The van der Waals surface area contributed by atoms with Gasteiger partial charge < -0.3 is 24.0 Å². The van der Waals surface area contributed by atoms with E-state index in [9.17, 15) is 4.79 Å². The van der Waals surface area contributed by atoms with E-state index in [1.165, 1.54) is 0 Å². The number of ether oxygens (including phenoxy) is 3. The predicted molar refractivity (Wildman–Crippen MR) is 89.3 cm³/mol. The zero-order valence-electron chi connectivity index (χ0n) is 13.8. The fourth-order valence-corrected chi connectivity index (χ4v) is 2.94. The Kier molecular flexibility index (Phi) is 4.01. The number of anilines is 1. The molecule has 0 bridgehead atoms. The molecule has 1 fully saturated rings.